The maximum atomic E-state index is 13.0. The van der Waals surface area contributed by atoms with Crippen LogP contribution in [0.4, 0.5) is 8.78 Å². The van der Waals surface area contributed by atoms with Gasteiger partial charge in [0, 0.05) is 0 Å². The summed E-state index contributed by atoms with van der Waals surface area (Å²) in [5.74, 6) is -4.00. The smallest absolute Gasteiger partial charge is 0.277 e. The van der Waals surface area contributed by atoms with Gasteiger partial charge in [0.1, 0.15) is 0 Å². The summed E-state index contributed by atoms with van der Waals surface area (Å²) in [4.78, 5) is 12.0. The molecule has 3 nitrogen and oxygen atoms in total. The summed E-state index contributed by atoms with van der Waals surface area (Å²) in [6.45, 7) is 0.178. The van der Waals surface area contributed by atoms with E-state index < -0.39 is 30.8 Å². The van der Waals surface area contributed by atoms with Gasteiger partial charge in [0.15, 0.2) is 0 Å². The summed E-state index contributed by atoms with van der Waals surface area (Å²) in [7, 11) is 0. The van der Waals surface area contributed by atoms with Gasteiger partial charge in [0.25, 0.3) is 5.92 Å². The lowest BCUT2D eigenvalue weighted by Gasteiger charge is -2.17. The third kappa shape index (κ3) is 4.39. The number of hydrogen-bond acceptors (Lipinski definition) is 2. The van der Waals surface area contributed by atoms with Crippen LogP contribution in [-0.4, -0.2) is 24.9 Å². The molecular formula is C16H19ClF2N2O. The first-order chi connectivity index (χ1) is 9.93. The number of amides is 1. The van der Waals surface area contributed by atoms with Crippen molar-refractivity contribution in [1.29, 1.82) is 0 Å². The van der Waals surface area contributed by atoms with Crippen molar-refractivity contribution in [3.05, 3.63) is 48.0 Å². The highest BCUT2D eigenvalue weighted by molar-refractivity contribution is 5.87. The van der Waals surface area contributed by atoms with Gasteiger partial charge in [-0.25, -0.2) is 8.78 Å². The van der Waals surface area contributed by atoms with Gasteiger partial charge in [-0.2, -0.15) is 0 Å². The van der Waals surface area contributed by atoms with Crippen molar-refractivity contribution in [1.82, 2.24) is 5.32 Å². The zero-order valence-electron chi connectivity index (χ0n) is 12.2. The van der Waals surface area contributed by atoms with Crippen LogP contribution in [-0.2, 0) is 4.79 Å². The largest absolute Gasteiger partial charge is 0.349 e. The molecule has 2 aromatic rings. The Balaban J connectivity index is 0.00000242. The van der Waals surface area contributed by atoms with Crippen LogP contribution in [0.2, 0.25) is 0 Å². The lowest BCUT2D eigenvalue weighted by Crippen LogP contribution is -2.42. The second kappa shape index (κ2) is 7.51. The second-order valence-electron chi connectivity index (χ2n) is 5.11. The fraction of sp³-hybridized carbons (Fsp3) is 0.312. The quantitative estimate of drug-likeness (QED) is 0.886. The molecule has 0 saturated heterocycles. The van der Waals surface area contributed by atoms with Gasteiger partial charge in [0.2, 0.25) is 5.91 Å². The summed E-state index contributed by atoms with van der Waals surface area (Å²) in [5.41, 5.74) is 5.73. The summed E-state index contributed by atoms with van der Waals surface area (Å²) in [6, 6.07) is 13.4. The van der Waals surface area contributed by atoms with Crippen LogP contribution in [0.3, 0.4) is 0 Å². The molecule has 120 valence electrons. The van der Waals surface area contributed by atoms with Crippen LogP contribution in [0.1, 0.15) is 18.4 Å². The molecule has 0 aliphatic carbocycles. The molecule has 0 aliphatic rings. The number of fused-ring (bicyclic) bond motifs is 1. The topological polar surface area (TPSA) is 55.1 Å². The molecule has 0 aromatic heterocycles. The van der Waals surface area contributed by atoms with Crippen molar-refractivity contribution in [2.45, 2.75) is 18.8 Å². The molecule has 0 aliphatic heterocycles. The lowest BCUT2D eigenvalue weighted by atomic mass is 9.97. The van der Waals surface area contributed by atoms with Crippen molar-refractivity contribution in [2.24, 2.45) is 5.73 Å². The Morgan fingerprint density at radius 3 is 2.50 bits per heavy atom. The average molecular weight is 329 g/mol. The van der Waals surface area contributed by atoms with Crippen LogP contribution in [0.25, 0.3) is 10.8 Å². The lowest BCUT2D eigenvalue weighted by molar-refractivity contribution is -0.124. The molecule has 0 radical (unpaired) electrons. The van der Waals surface area contributed by atoms with E-state index in [2.05, 4.69) is 5.32 Å². The molecule has 0 fully saturated rings. The number of benzene rings is 2. The van der Waals surface area contributed by atoms with Gasteiger partial charge in [-0.3, -0.25) is 4.79 Å². The van der Waals surface area contributed by atoms with E-state index in [0.717, 1.165) is 16.3 Å². The number of hydrogen-bond donors (Lipinski definition) is 2. The SMILES string of the molecule is CC(C(=O)NCC(F)(F)CN)c1ccc2ccccc2c1.Cl. The fourth-order valence-corrected chi connectivity index (χ4v) is 2.07. The summed E-state index contributed by atoms with van der Waals surface area (Å²) >= 11 is 0. The van der Waals surface area contributed by atoms with Crippen molar-refractivity contribution in [3.63, 3.8) is 0 Å². The van der Waals surface area contributed by atoms with E-state index in [4.69, 9.17) is 5.73 Å². The van der Waals surface area contributed by atoms with Gasteiger partial charge in [-0.15, -0.1) is 12.4 Å². The zero-order chi connectivity index (χ0) is 15.5. The Hall–Kier alpha value is -1.72. The molecule has 0 heterocycles. The molecular weight excluding hydrogens is 310 g/mol. The van der Waals surface area contributed by atoms with Gasteiger partial charge in [-0.1, -0.05) is 42.5 Å². The Morgan fingerprint density at radius 1 is 1.23 bits per heavy atom. The first kappa shape index (κ1) is 18.3. The normalized spacial score (nSPS) is 12.5. The van der Waals surface area contributed by atoms with E-state index in [1.807, 2.05) is 42.5 Å². The van der Waals surface area contributed by atoms with Crippen molar-refractivity contribution in [2.75, 3.05) is 13.1 Å². The number of rotatable bonds is 5. The molecule has 22 heavy (non-hydrogen) atoms. The maximum absolute atomic E-state index is 13.0. The number of nitrogens with two attached hydrogens (primary N) is 1. The Bertz CT molecular complexity index is 649. The third-order valence-electron chi connectivity index (χ3n) is 3.49. The molecule has 1 unspecified atom stereocenters. The molecule has 6 heteroatoms. The molecule has 0 saturated carbocycles. The van der Waals surface area contributed by atoms with Gasteiger partial charge >= 0.3 is 0 Å². The minimum Gasteiger partial charge on any atom is -0.349 e. The van der Waals surface area contributed by atoms with E-state index in [-0.39, 0.29) is 12.4 Å². The van der Waals surface area contributed by atoms with E-state index in [9.17, 15) is 13.6 Å². The predicted octanol–water partition coefficient (Wildman–Crippen LogP) is 3.08. The average Bonchev–Trinajstić information content (AvgIpc) is 2.51. The number of halogens is 3. The van der Waals surface area contributed by atoms with Gasteiger partial charge < -0.3 is 11.1 Å². The van der Waals surface area contributed by atoms with Crippen LogP contribution in [0.5, 0.6) is 0 Å². The van der Waals surface area contributed by atoms with Crippen molar-refractivity contribution in [3.8, 4) is 0 Å². The van der Waals surface area contributed by atoms with E-state index >= 15 is 0 Å². The first-order valence-corrected chi connectivity index (χ1v) is 6.77. The summed E-state index contributed by atoms with van der Waals surface area (Å²) < 4.78 is 26.1. The minimum atomic E-state index is -3.07. The predicted molar refractivity (Wildman–Crippen MR) is 86.6 cm³/mol. The highest BCUT2D eigenvalue weighted by atomic mass is 35.5. The molecule has 2 rings (SSSR count). The second-order valence-corrected chi connectivity index (χ2v) is 5.11. The Labute approximate surface area is 134 Å². The van der Waals surface area contributed by atoms with E-state index in [0.29, 0.717) is 0 Å². The molecule has 3 N–H and O–H groups in total. The number of carbonyl (C=O) groups is 1. The number of carbonyl (C=O) groups excluding carboxylic acids is 1. The van der Waals surface area contributed by atoms with Gasteiger partial charge in [0.05, 0.1) is 19.0 Å². The van der Waals surface area contributed by atoms with Gasteiger partial charge in [-0.05, 0) is 23.3 Å². The van der Waals surface area contributed by atoms with Crippen LogP contribution in [0.15, 0.2) is 42.5 Å². The maximum Gasteiger partial charge on any atom is 0.277 e. The van der Waals surface area contributed by atoms with Crippen molar-refractivity contribution < 1.29 is 13.6 Å². The van der Waals surface area contributed by atoms with Crippen molar-refractivity contribution >= 4 is 29.1 Å². The van der Waals surface area contributed by atoms with Crippen LogP contribution >= 0.6 is 12.4 Å². The first-order valence-electron chi connectivity index (χ1n) is 6.77. The number of nitrogens with one attached hydrogen (secondary N) is 1. The summed E-state index contributed by atoms with van der Waals surface area (Å²) in [6.07, 6.45) is 0. The zero-order valence-corrected chi connectivity index (χ0v) is 13.0. The van der Waals surface area contributed by atoms with E-state index in [1.54, 1.807) is 6.92 Å². The fourth-order valence-electron chi connectivity index (χ4n) is 2.07. The van der Waals surface area contributed by atoms with E-state index in [1.165, 1.54) is 0 Å². The third-order valence-corrected chi connectivity index (χ3v) is 3.49. The number of alkyl halides is 2. The summed E-state index contributed by atoms with van der Waals surface area (Å²) in [5, 5.41) is 4.34. The highest BCUT2D eigenvalue weighted by Gasteiger charge is 2.28. The van der Waals surface area contributed by atoms with Crippen LogP contribution < -0.4 is 11.1 Å². The Morgan fingerprint density at radius 2 is 1.86 bits per heavy atom. The molecule has 0 spiro atoms. The standard InChI is InChI=1S/C16H18F2N2O.ClH/c1-11(15(21)20-10-16(17,18)9-19)13-7-6-12-4-2-3-5-14(12)8-13;/h2-8,11H,9-10,19H2,1H3,(H,20,21);1H. The molecule has 1 atom stereocenters. The Kier molecular flexibility index (Phi) is 6.26. The highest BCUT2D eigenvalue weighted by Crippen LogP contribution is 2.22. The molecule has 2 aromatic carbocycles. The molecule has 0 bridgehead atoms. The molecule has 1 amide bonds. The van der Waals surface area contributed by atoms with Crippen LogP contribution in [0, 0.1) is 0 Å². The monoisotopic (exact) mass is 328 g/mol. The minimum absolute atomic E-state index is 0.